The number of halogens is 2. The van der Waals surface area contributed by atoms with Gasteiger partial charge >= 0.3 is 5.97 Å². The van der Waals surface area contributed by atoms with E-state index < -0.39 is 11.4 Å². The number of ether oxygens (including phenoxy) is 1. The molecule has 1 heterocycles. The molecular weight excluding hydrogens is 471 g/mol. The Bertz CT molecular complexity index is 1350. The van der Waals surface area contributed by atoms with E-state index in [1.807, 2.05) is 67.6 Å². The van der Waals surface area contributed by atoms with Gasteiger partial charge < -0.3 is 9.84 Å². The lowest BCUT2D eigenvalue weighted by molar-refractivity contribution is -0.143. The SMILES string of the molecule is COc1ccc(-n2nc(CC(C)(C(=O)O)c3cccc(C)c3)cc2-c2ccc(Cl)c(Cl)c2)cc1. The fourth-order valence-electron chi connectivity index (χ4n) is 3.95. The number of hydrogen-bond donors (Lipinski definition) is 1. The number of aromatic nitrogens is 2. The van der Waals surface area contributed by atoms with Crippen molar-refractivity contribution in [1.82, 2.24) is 9.78 Å². The second kappa shape index (κ2) is 9.53. The molecule has 0 radical (unpaired) electrons. The summed E-state index contributed by atoms with van der Waals surface area (Å²) in [5.74, 6) is -0.182. The summed E-state index contributed by atoms with van der Waals surface area (Å²) in [6, 6.07) is 22.4. The first-order valence-electron chi connectivity index (χ1n) is 10.7. The van der Waals surface area contributed by atoms with Crippen molar-refractivity contribution in [2.75, 3.05) is 7.11 Å². The van der Waals surface area contributed by atoms with Crippen molar-refractivity contribution in [3.05, 3.63) is 99.7 Å². The maximum absolute atomic E-state index is 12.4. The van der Waals surface area contributed by atoms with Gasteiger partial charge in [-0.2, -0.15) is 5.10 Å². The molecule has 34 heavy (non-hydrogen) atoms. The van der Waals surface area contributed by atoms with Crippen molar-refractivity contribution in [1.29, 1.82) is 0 Å². The summed E-state index contributed by atoms with van der Waals surface area (Å²) in [4.78, 5) is 12.4. The summed E-state index contributed by atoms with van der Waals surface area (Å²) < 4.78 is 7.06. The standard InChI is InChI=1S/C27H24Cl2N2O3/c1-17-5-4-6-19(13-17)27(2,26(32)33)16-20-15-25(18-7-12-23(28)24(29)14-18)31(30-20)21-8-10-22(34-3)11-9-21/h4-15H,16H2,1-3H3,(H,32,33). The lowest BCUT2D eigenvalue weighted by atomic mass is 9.78. The summed E-state index contributed by atoms with van der Waals surface area (Å²) in [6.45, 7) is 3.68. The second-order valence-corrected chi connectivity index (χ2v) is 9.26. The summed E-state index contributed by atoms with van der Waals surface area (Å²) in [7, 11) is 1.61. The number of carboxylic acids is 1. The van der Waals surface area contributed by atoms with Gasteiger partial charge in [0, 0.05) is 12.0 Å². The van der Waals surface area contributed by atoms with Crippen LogP contribution in [-0.2, 0) is 16.6 Å². The lowest BCUT2D eigenvalue weighted by Gasteiger charge is -2.25. The maximum Gasteiger partial charge on any atom is 0.314 e. The predicted molar refractivity (Wildman–Crippen MR) is 135 cm³/mol. The van der Waals surface area contributed by atoms with Crippen LogP contribution in [0.1, 0.15) is 23.7 Å². The molecular formula is C27H24Cl2N2O3. The monoisotopic (exact) mass is 494 g/mol. The fourth-order valence-corrected chi connectivity index (χ4v) is 4.25. The van der Waals surface area contributed by atoms with Crippen LogP contribution in [-0.4, -0.2) is 28.0 Å². The van der Waals surface area contributed by atoms with Crippen LogP contribution in [0.5, 0.6) is 5.75 Å². The van der Waals surface area contributed by atoms with Crippen LogP contribution in [0, 0.1) is 6.92 Å². The number of rotatable bonds is 7. The van der Waals surface area contributed by atoms with E-state index in [0.29, 0.717) is 15.7 Å². The van der Waals surface area contributed by atoms with Crippen molar-refractivity contribution in [3.8, 4) is 22.7 Å². The maximum atomic E-state index is 12.4. The average molecular weight is 495 g/mol. The highest BCUT2D eigenvalue weighted by Gasteiger charge is 2.36. The molecule has 0 amide bonds. The van der Waals surface area contributed by atoms with Crippen LogP contribution in [0.2, 0.25) is 10.0 Å². The number of aryl methyl sites for hydroxylation is 1. The topological polar surface area (TPSA) is 64.4 Å². The molecule has 5 nitrogen and oxygen atoms in total. The number of methoxy groups -OCH3 is 1. The molecule has 1 aromatic heterocycles. The lowest BCUT2D eigenvalue weighted by Crippen LogP contribution is -2.35. The molecule has 0 aliphatic rings. The van der Waals surface area contributed by atoms with Crippen LogP contribution in [0.4, 0.5) is 0 Å². The van der Waals surface area contributed by atoms with Gasteiger partial charge in [-0.25, -0.2) is 4.68 Å². The molecule has 174 valence electrons. The Morgan fingerprint density at radius 3 is 2.38 bits per heavy atom. The van der Waals surface area contributed by atoms with Gasteiger partial charge in [0.05, 0.1) is 39.6 Å². The van der Waals surface area contributed by atoms with Crippen LogP contribution in [0.3, 0.4) is 0 Å². The van der Waals surface area contributed by atoms with Gasteiger partial charge in [0.15, 0.2) is 0 Å². The summed E-state index contributed by atoms with van der Waals surface area (Å²) in [5, 5.41) is 15.9. The molecule has 1 atom stereocenters. The Hall–Kier alpha value is -3.28. The number of nitrogens with zero attached hydrogens (tertiary/aromatic N) is 2. The molecule has 0 aliphatic carbocycles. The Labute approximate surface area is 208 Å². The highest BCUT2D eigenvalue weighted by molar-refractivity contribution is 6.42. The van der Waals surface area contributed by atoms with E-state index in [1.54, 1.807) is 30.8 Å². The van der Waals surface area contributed by atoms with Crippen LogP contribution in [0.25, 0.3) is 16.9 Å². The van der Waals surface area contributed by atoms with Gasteiger partial charge in [-0.1, -0.05) is 59.1 Å². The largest absolute Gasteiger partial charge is 0.497 e. The minimum atomic E-state index is -1.15. The molecule has 0 aliphatic heterocycles. The van der Waals surface area contributed by atoms with Crippen LogP contribution in [0.15, 0.2) is 72.8 Å². The molecule has 0 fully saturated rings. The number of carboxylic acid groups (broad SMARTS) is 1. The van der Waals surface area contributed by atoms with E-state index in [4.69, 9.17) is 33.0 Å². The van der Waals surface area contributed by atoms with Gasteiger partial charge in [-0.3, -0.25) is 4.79 Å². The molecule has 7 heteroatoms. The van der Waals surface area contributed by atoms with Gasteiger partial charge in [-0.05, 0) is 61.9 Å². The van der Waals surface area contributed by atoms with E-state index >= 15 is 0 Å². The van der Waals surface area contributed by atoms with Crippen molar-refractivity contribution in [3.63, 3.8) is 0 Å². The van der Waals surface area contributed by atoms with E-state index in [9.17, 15) is 9.90 Å². The Morgan fingerprint density at radius 1 is 1.03 bits per heavy atom. The number of hydrogen-bond acceptors (Lipinski definition) is 3. The average Bonchev–Trinajstić information content (AvgIpc) is 3.24. The van der Waals surface area contributed by atoms with Gasteiger partial charge in [0.2, 0.25) is 0 Å². The zero-order valence-corrected chi connectivity index (χ0v) is 20.6. The second-order valence-electron chi connectivity index (χ2n) is 8.44. The van der Waals surface area contributed by atoms with E-state index in [1.165, 1.54) is 0 Å². The number of carbonyl (C=O) groups is 1. The predicted octanol–water partition coefficient (Wildman–Crippen LogP) is 6.75. The first-order valence-corrected chi connectivity index (χ1v) is 11.5. The molecule has 4 rings (SSSR count). The first-order chi connectivity index (χ1) is 16.2. The van der Waals surface area contributed by atoms with Crippen molar-refractivity contribution >= 4 is 29.2 Å². The Balaban J connectivity index is 1.83. The number of aliphatic carboxylic acids is 1. The molecule has 3 aromatic carbocycles. The van der Waals surface area contributed by atoms with E-state index in [2.05, 4.69) is 0 Å². The molecule has 1 unspecified atom stereocenters. The quantitative estimate of drug-likeness (QED) is 0.308. The summed E-state index contributed by atoms with van der Waals surface area (Å²) in [5.41, 5.74) is 3.62. The third-order valence-corrected chi connectivity index (χ3v) is 6.69. The minimum absolute atomic E-state index is 0.212. The van der Waals surface area contributed by atoms with Gasteiger partial charge in [0.25, 0.3) is 0 Å². The normalized spacial score (nSPS) is 12.9. The van der Waals surface area contributed by atoms with Crippen LogP contribution < -0.4 is 4.74 Å². The Kier molecular flexibility index (Phi) is 6.69. The van der Waals surface area contributed by atoms with E-state index in [0.717, 1.165) is 33.8 Å². The molecule has 0 spiro atoms. The zero-order chi connectivity index (χ0) is 24.5. The van der Waals surface area contributed by atoms with Gasteiger partial charge in [0.1, 0.15) is 5.75 Å². The van der Waals surface area contributed by atoms with E-state index in [-0.39, 0.29) is 6.42 Å². The third kappa shape index (κ3) is 4.67. The molecule has 0 saturated carbocycles. The molecule has 0 bridgehead atoms. The molecule has 1 N–H and O–H groups in total. The zero-order valence-electron chi connectivity index (χ0n) is 19.0. The minimum Gasteiger partial charge on any atom is -0.497 e. The third-order valence-electron chi connectivity index (χ3n) is 5.95. The Morgan fingerprint density at radius 2 is 1.76 bits per heavy atom. The van der Waals surface area contributed by atoms with Crippen molar-refractivity contribution < 1.29 is 14.6 Å². The highest BCUT2D eigenvalue weighted by atomic mass is 35.5. The summed E-state index contributed by atoms with van der Waals surface area (Å²) >= 11 is 12.4. The van der Waals surface area contributed by atoms with Gasteiger partial charge in [-0.15, -0.1) is 0 Å². The molecule has 0 saturated heterocycles. The van der Waals surface area contributed by atoms with Crippen molar-refractivity contribution in [2.45, 2.75) is 25.7 Å². The molecule has 4 aromatic rings. The smallest absolute Gasteiger partial charge is 0.314 e. The number of benzene rings is 3. The summed E-state index contributed by atoms with van der Waals surface area (Å²) in [6.07, 6.45) is 0.212. The van der Waals surface area contributed by atoms with Crippen molar-refractivity contribution in [2.24, 2.45) is 0 Å². The first kappa shape index (κ1) is 23.9. The van der Waals surface area contributed by atoms with Crippen LogP contribution >= 0.6 is 23.2 Å². The fraction of sp³-hybridized carbons (Fsp3) is 0.185. The highest BCUT2D eigenvalue weighted by Crippen LogP contribution is 2.34.